The summed E-state index contributed by atoms with van der Waals surface area (Å²) in [5, 5.41) is 13.4. The first-order valence-corrected chi connectivity index (χ1v) is 6.99. The molecule has 0 fully saturated rings. The van der Waals surface area contributed by atoms with Gasteiger partial charge in [-0.15, -0.1) is 5.10 Å². The van der Waals surface area contributed by atoms with Crippen LogP contribution in [0.3, 0.4) is 0 Å². The predicted octanol–water partition coefficient (Wildman–Crippen LogP) is 1.11. The first kappa shape index (κ1) is 13.0. The Morgan fingerprint density at radius 2 is 2.35 bits per heavy atom. The molecular weight excluding hydrogens is 278 g/mol. The minimum atomic E-state index is -0.414. The molecule has 2 aromatic rings. The lowest BCUT2D eigenvalue weighted by Gasteiger charge is -2.27. The number of fused-ring (bicyclic) bond motifs is 1. The summed E-state index contributed by atoms with van der Waals surface area (Å²) in [7, 11) is 0. The van der Waals surface area contributed by atoms with Gasteiger partial charge >= 0.3 is 0 Å². The van der Waals surface area contributed by atoms with Gasteiger partial charge in [-0.3, -0.25) is 4.79 Å². The van der Waals surface area contributed by atoms with Gasteiger partial charge in [-0.05, 0) is 17.6 Å². The third-order valence-corrected chi connectivity index (χ3v) is 3.90. The van der Waals surface area contributed by atoms with Crippen molar-refractivity contribution >= 4 is 17.4 Å². The van der Waals surface area contributed by atoms with Gasteiger partial charge in [0.25, 0.3) is 5.91 Å². The maximum Gasteiger partial charge on any atom is 0.267 e. The van der Waals surface area contributed by atoms with E-state index in [2.05, 4.69) is 9.59 Å². The van der Waals surface area contributed by atoms with Crippen LogP contribution in [-0.4, -0.2) is 45.3 Å². The van der Waals surface area contributed by atoms with Crippen LogP contribution in [-0.2, 0) is 0 Å². The molecule has 6 nitrogen and oxygen atoms in total. The van der Waals surface area contributed by atoms with Crippen molar-refractivity contribution < 1.29 is 14.6 Å². The van der Waals surface area contributed by atoms with Crippen molar-refractivity contribution in [2.24, 2.45) is 0 Å². The van der Waals surface area contributed by atoms with E-state index in [4.69, 9.17) is 4.74 Å². The van der Waals surface area contributed by atoms with Crippen molar-refractivity contribution in [3.63, 3.8) is 0 Å². The molecular formula is C13H13N3O3S. The SMILES string of the molecule is O=C(c1cnns1)N1CCOc2ccccc2C1CO. The van der Waals surface area contributed by atoms with Crippen molar-refractivity contribution in [3.8, 4) is 5.75 Å². The summed E-state index contributed by atoms with van der Waals surface area (Å²) in [6.45, 7) is 0.653. The smallest absolute Gasteiger partial charge is 0.267 e. The van der Waals surface area contributed by atoms with Crippen molar-refractivity contribution in [3.05, 3.63) is 40.9 Å². The fraction of sp³-hybridized carbons (Fsp3) is 0.308. The van der Waals surface area contributed by atoms with Gasteiger partial charge in [0, 0.05) is 5.56 Å². The van der Waals surface area contributed by atoms with E-state index in [1.54, 1.807) is 4.90 Å². The van der Waals surface area contributed by atoms with Crippen LogP contribution in [0, 0.1) is 0 Å². The summed E-state index contributed by atoms with van der Waals surface area (Å²) < 4.78 is 9.35. The molecule has 1 aromatic carbocycles. The molecule has 20 heavy (non-hydrogen) atoms. The van der Waals surface area contributed by atoms with Gasteiger partial charge < -0.3 is 14.7 Å². The number of carbonyl (C=O) groups is 1. The monoisotopic (exact) mass is 291 g/mol. The normalized spacial score (nSPS) is 18.1. The number of aliphatic hydroxyl groups is 1. The third-order valence-electron chi connectivity index (χ3n) is 3.25. The van der Waals surface area contributed by atoms with Crippen molar-refractivity contribution in [2.45, 2.75) is 6.04 Å². The number of aliphatic hydroxyl groups excluding tert-OH is 1. The van der Waals surface area contributed by atoms with E-state index in [0.29, 0.717) is 23.8 Å². The number of hydrogen-bond acceptors (Lipinski definition) is 6. The van der Waals surface area contributed by atoms with E-state index in [1.165, 1.54) is 6.20 Å². The Kier molecular flexibility index (Phi) is 3.62. The first-order valence-electron chi connectivity index (χ1n) is 6.22. The Hall–Kier alpha value is -1.99. The van der Waals surface area contributed by atoms with Gasteiger partial charge in [0.1, 0.15) is 17.2 Å². The molecule has 1 unspecified atom stereocenters. The highest BCUT2D eigenvalue weighted by Gasteiger charge is 2.30. The number of nitrogens with zero attached hydrogens (tertiary/aromatic N) is 3. The molecule has 1 aliphatic rings. The van der Waals surface area contributed by atoms with Crippen LogP contribution in [0.15, 0.2) is 30.5 Å². The Morgan fingerprint density at radius 3 is 3.10 bits per heavy atom. The fourth-order valence-electron chi connectivity index (χ4n) is 2.31. The molecule has 2 heterocycles. The lowest BCUT2D eigenvalue weighted by molar-refractivity contribution is 0.0589. The molecule has 1 atom stereocenters. The highest BCUT2D eigenvalue weighted by molar-refractivity contribution is 7.07. The zero-order chi connectivity index (χ0) is 13.9. The van der Waals surface area contributed by atoms with E-state index in [0.717, 1.165) is 17.1 Å². The van der Waals surface area contributed by atoms with Gasteiger partial charge in [-0.25, -0.2) is 0 Å². The minimum Gasteiger partial charge on any atom is -0.491 e. The number of para-hydroxylation sites is 1. The largest absolute Gasteiger partial charge is 0.491 e. The third kappa shape index (κ3) is 2.25. The maximum atomic E-state index is 12.5. The number of carbonyl (C=O) groups excluding carboxylic acids is 1. The number of aromatic nitrogens is 2. The molecule has 1 aliphatic heterocycles. The van der Waals surface area contributed by atoms with Crippen LogP contribution in [0.5, 0.6) is 5.75 Å². The fourth-order valence-corrected chi connectivity index (χ4v) is 2.78. The quantitative estimate of drug-likeness (QED) is 0.897. The van der Waals surface area contributed by atoms with Crippen LogP contribution in [0.25, 0.3) is 0 Å². The number of benzene rings is 1. The lowest BCUT2D eigenvalue weighted by Crippen LogP contribution is -2.37. The van der Waals surface area contributed by atoms with Gasteiger partial charge in [0.15, 0.2) is 0 Å². The number of hydrogen-bond donors (Lipinski definition) is 1. The van der Waals surface area contributed by atoms with Gasteiger partial charge in [0.05, 0.1) is 25.4 Å². The van der Waals surface area contributed by atoms with Gasteiger partial charge in [-0.2, -0.15) is 0 Å². The standard InChI is InChI=1S/C13H13N3O3S/c17-8-10-9-3-1-2-4-11(9)19-6-5-16(10)13(18)12-7-14-15-20-12/h1-4,7,10,17H,5-6,8H2. The van der Waals surface area contributed by atoms with E-state index in [-0.39, 0.29) is 12.5 Å². The average Bonchev–Trinajstić information content (AvgIpc) is 2.94. The maximum absolute atomic E-state index is 12.5. The van der Waals surface area contributed by atoms with Crippen LogP contribution in [0.1, 0.15) is 21.3 Å². The highest BCUT2D eigenvalue weighted by atomic mass is 32.1. The van der Waals surface area contributed by atoms with Crippen LogP contribution < -0.4 is 4.74 Å². The van der Waals surface area contributed by atoms with Crippen LogP contribution in [0.2, 0.25) is 0 Å². The predicted molar refractivity (Wildman–Crippen MR) is 72.7 cm³/mol. The van der Waals surface area contributed by atoms with E-state index >= 15 is 0 Å². The molecule has 0 spiro atoms. The second-order valence-electron chi connectivity index (χ2n) is 4.36. The van der Waals surface area contributed by atoms with Gasteiger partial charge in [0.2, 0.25) is 0 Å². The van der Waals surface area contributed by atoms with Gasteiger partial charge in [-0.1, -0.05) is 22.7 Å². The molecule has 104 valence electrons. The van der Waals surface area contributed by atoms with E-state index in [9.17, 15) is 9.90 Å². The summed E-state index contributed by atoms with van der Waals surface area (Å²) in [4.78, 5) is 14.6. The van der Waals surface area contributed by atoms with E-state index < -0.39 is 6.04 Å². The number of rotatable bonds is 2. The molecule has 0 aliphatic carbocycles. The Labute approximate surface area is 119 Å². The molecule has 3 rings (SSSR count). The summed E-state index contributed by atoms with van der Waals surface area (Å²) >= 11 is 1.05. The van der Waals surface area contributed by atoms with Crippen molar-refractivity contribution in [2.75, 3.05) is 19.8 Å². The van der Waals surface area contributed by atoms with Crippen molar-refractivity contribution in [1.29, 1.82) is 0 Å². The van der Waals surface area contributed by atoms with Crippen LogP contribution in [0.4, 0.5) is 0 Å². The summed E-state index contributed by atoms with van der Waals surface area (Å²) in [5.74, 6) is 0.531. The minimum absolute atomic E-state index is 0.154. The Balaban J connectivity index is 1.97. The highest BCUT2D eigenvalue weighted by Crippen LogP contribution is 2.32. The molecule has 7 heteroatoms. The zero-order valence-corrected chi connectivity index (χ0v) is 11.4. The molecule has 1 N–H and O–H groups in total. The lowest BCUT2D eigenvalue weighted by atomic mass is 10.0. The molecule has 0 saturated heterocycles. The number of amides is 1. The molecule has 0 radical (unpaired) electrons. The molecule has 0 saturated carbocycles. The van der Waals surface area contributed by atoms with Crippen molar-refractivity contribution in [1.82, 2.24) is 14.5 Å². The average molecular weight is 291 g/mol. The topological polar surface area (TPSA) is 75.6 Å². The Morgan fingerprint density at radius 1 is 1.50 bits per heavy atom. The molecule has 0 bridgehead atoms. The zero-order valence-electron chi connectivity index (χ0n) is 10.6. The summed E-state index contributed by atoms with van der Waals surface area (Å²) in [5.41, 5.74) is 0.818. The summed E-state index contributed by atoms with van der Waals surface area (Å²) in [6.07, 6.45) is 1.44. The molecule has 1 amide bonds. The van der Waals surface area contributed by atoms with Crippen LogP contribution >= 0.6 is 11.5 Å². The molecule has 1 aromatic heterocycles. The Bertz CT molecular complexity index is 603. The second-order valence-corrected chi connectivity index (χ2v) is 5.15. The first-order chi connectivity index (χ1) is 9.81. The second kappa shape index (κ2) is 5.56. The van der Waals surface area contributed by atoms with E-state index in [1.807, 2.05) is 24.3 Å². The number of ether oxygens (including phenoxy) is 1. The summed E-state index contributed by atoms with van der Waals surface area (Å²) in [6, 6.07) is 7.04.